The van der Waals surface area contributed by atoms with Crippen LogP contribution in [0.2, 0.25) is 0 Å². The summed E-state index contributed by atoms with van der Waals surface area (Å²) >= 11 is 0. The summed E-state index contributed by atoms with van der Waals surface area (Å²) in [5.41, 5.74) is 10.1. The van der Waals surface area contributed by atoms with Crippen molar-refractivity contribution in [2.75, 3.05) is 0 Å². The molecule has 0 atom stereocenters. The summed E-state index contributed by atoms with van der Waals surface area (Å²) in [6.07, 6.45) is 19.3. The van der Waals surface area contributed by atoms with Gasteiger partial charge in [-0.2, -0.15) is 0 Å². The van der Waals surface area contributed by atoms with Crippen LogP contribution in [0.4, 0.5) is 0 Å². The zero-order valence-electron chi connectivity index (χ0n) is 24.7. The van der Waals surface area contributed by atoms with Gasteiger partial charge in [-0.25, -0.2) is 0 Å². The lowest BCUT2D eigenvalue weighted by molar-refractivity contribution is 1.15. The molecule has 0 radical (unpaired) electrons. The highest BCUT2D eigenvalue weighted by Crippen LogP contribution is 2.36. The molecule has 214 valence electrons. The van der Waals surface area contributed by atoms with E-state index in [4.69, 9.17) is 9.97 Å². The zero-order chi connectivity index (χ0) is 30.3. The standard InChI is InChI=1S/C39H28N6/c1-3-5-9-28(4-2)44-36-22-40-18-16-30(36)32-20-34(42-24-38(32)44)26-12-14-27(15-13-26)35-21-33-31-17-19-41-23-37(31)45(39(33)25-43-35)29-10-7-6-8-11-29/h3-25H,2H2,1H3/b5-3-,28-9+. The summed E-state index contributed by atoms with van der Waals surface area (Å²) in [5.74, 6) is 0. The van der Waals surface area contributed by atoms with Gasteiger partial charge >= 0.3 is 0 Å². The van der Waals surface area contributed by atoms with E-state index in [1.807, 2.05) is 74.5 Å². The number of aromatic nitrogens is 6. The quantitative estimate of drug-likeness (QED) is 0.184. The molecule has 6 heteroatoms. The van der Waals surface area contributed by atoms with Crippen molar-refractivity contribution in [2.24, 2.45) is 0 Å². The van der Waals surface area contributed by atoms with Crippen molar-refractivity contribution in [1.29, 1.82) is 0 Å². The topological polar surface area (TPSA) is 61.4 Å². The average molecular weight is 581 g/mol. The molecule has 0 amide bonds. The Morgan fingerprint density at radius 3 is 1.84 bits per heavy atom. The molecule has 6 heterocycles. The highest BCUT2D eigenvalue weighted by Gasteiger charge is 2.16. The third kappa shape index (κ3) is 4.34. The summed E-state index contributed by atoms with van der Waals surface area (Å²) in [5, 5.41) is 4.53. The van der Waals surface area contributed by atoms with Crippen molar-refractivity contribution in [1.82, 2.24) is 29.1 Å². The van der Waals surface area contributed by atoms with Crippen molar-refractivity contribution < 1.29 is 0 Å². The maximum absolute atomic E-state index is 4.90. The van der Waals surface area contributed by atoms with E-state index < -0.39 is 0 Å². The molecular weight excluding hydrogens is 552 g/mol. The van der Waals surface area contributed by atoms with Crippen LogP contribution < -0.4 is 0 Å². The highest BCUT2D eigenvalue weighted by atomic mass is 15.0. The number of nitrogens with zero attached hydrogens (tertiary/aromatic N) is 6. The van der Waals surface area contributed by atoms with E-state index in [9.17, 15) is 0 Å². The number of benzene rings is 2. The lowest BCUT2D eigenvalue weighted by Crippen LogP contribution is -1.95. The Morgan fingerprint density at radius 1 is 0.644 bits per heavy atom. The molecule has 2 aromatic carbocycles. The van der Waals surface area contributed by atoms with Gasteiger partial charge in [0, 0.05) is 56.4 Å². The van der Waals surface area contributed by atoms with Crippen LogP contribution in [0.1, 0.15) is 6.92 Å². The molecule has 0 spiro atoms. The molecule has 0 aliphatic carbocycles. The first-order valence-corrected chi connectivity index (χ1v) is 14.9. The number of rotatable bonds is 6. The Morgan fingerprint density at radius 2 is 1.20 bits per heavy atom. The maximum atomic E-state index is 4.90. The molecule has 8 aromatic rings. The van der Waals surface area contributed by atoms with Crippen molar-refractivity contribution >= 4 is 49.3 Å². The molecule has 6 aromatic heterocycles. The van der Waals surface area contributed by atoms with Gasteiger partial charge in [-0.15, -0.1) is 0 Å². The molecule has 0 bridgehead atoms. The van der Waals surface area contributed by atoms with Gasteiger partial charge in [0.1, 0.15) is 0 Å². The van der Waals surface area contributed by atoms with Crippen LogP contribution in [0.15, 0.2) is 147 Å². The molecule has 0 aliphatic rings. The first kappa shape index (κ1) is 26.5. The minimum absolute atomic E-state index is 0.907. The predicted octanol–water partition coefficient (Wildman–Crippen LogP) is 9.41. The Kier molecular flexibility index (Phi) is 6.38. The SMILES string of the molecule is C=C/C(=C\C=C/C)n1c2cnccc2c2cc(-c3ccc(-c4cc5c6ccncc6n(-c6ccccc6)c5cn4)cc3)ncc21. The first-order chi connectivity index (χ1) is 22.2. The second-order valence-corrected chi connectivity index (χ2v) is 10.9. The van der Waals surface area contributed by atoms with Crippen molar-refractivity contribution in [3.63, 3.8) is 0 Å². The third-order valence-corrected chi connectivity index (χ3v) is 8.33. The summed E-state index contributed by atoms with van der Waals surface area (Å²) in [6.45, 7) is 6.06. The summed E-state index contributed by atoms with van der Waals surface area (Å²) in [6, 6.07) is 27.3. The highest BCUT2D eigenvalue weighted by molar-refractivity contribution is 6.11. The van der Waals surface area contributed by atoms with Gasteiger partial charge in [0.25, 0.3) is 0 Å². The lowest BCUT2D eigenvalue weighted by atomic mass is 10.0. The Balaban J connectivity index is 1.20. The summed E-state index contributed by atoms with van der Waals surface area (Å²) < 4.78 is 4.39. The largest absolute Gasteiger partial charge is 0.306 e. The average Bonchev–Trinajstić information content (AvgIpc) is 3.61. The van der Waals surface area contributed by atoms with Gasteiger partial charge in [-0.3, -0.25) is 19.9 Å². The van der Waals surface area contributed by atoms with Crippen LogP contribution in [0.25, 0.3) is 77.5 Å². The molecule has 0 N–H and O–H groups in total. The fraction of sp³-hybridized carbons (Fsp3) is 0.0256. The van der Waals surface area contributed by atoms with Gasteiger partial charge in [-0.05, 0) is 55.5 Å². The van der Waals surface area contributed by atoms with Gasteiger partial charge in [0.15, 0.2) is 0 Å². The monoisotopic (exact) mass is 580 g/mol. The van der Waals surface area contributed by atoms with Crippen molar-refractivity contribution in [2.45, 2.75) is 6.92 Å². The summed E-state index contributed by atoms with van der Waals surface area (Å²) in [7, 11) is 0. The zero-order valence-corrected chi connectivity index (χ0v) is 24.7. The predicted molar refractivity (Wildman–Crippen MR) is 185 cm³/mol. The first-order valence-electron chi connectivity index (χ1n) is 14.9. The number of allylic oxidation sites excluding steroid dienone is 5. The molecule has 0 fully saturated rings. The van der Waals surface area contributed by atoms with E-state index in [0.29, 0.717) is 0 Å². The molecule has 8 rings (SSSR count). The number of hydrogen-bond acceptors (Lipinski definition) is 4. The van der Waals surface area contributed by atoms with Gasteiger partial charge in [-0.1, -0.05) is 61.2 Å². The molecule has 45 heavy (non-hydrogen) atoms. The molecule has 0 saturated heterocycles. The number of fused-ring (bicyclic) bond motifs is 6. The van der Waals surface area contributed by atoms with E-state index >= 15 is 0 Å². The van der Waals surface area contributed by atoms with Crippen LogP contribution in [-0.4, -0.2) is 29.1 Å². The lowest BCUT2D eigenvalue weighted by Gasteiger charge is -2.09. The fourth-order valence-electron chi connectivity index (χ4n) is 6.22. The smallest absolute Gasteiger partial charge is 0.0725 e. The van der Waals surface area contributed by atoms with E-state index in [2.05, 4.69) is 98.5 Å². The molecule has 0 unspecified atom stereocenters. The van der Waals surface area contributed by atoms with Crippen molar-refractivity contribution in [3.8, 4) is 28.2 Å². The Bertz CT molecular complexity index is 2440. The van der Waals surface area contributed by atoms with Crippen LogP contribution in [0, 0.1) is 0 Å². The maximum Gasteiger partial charge on any atom is 0.0725 e. The molecule has 0 aliphatic heterocycles. The fourth-order valence-corrected chi connectivity index (χ4v) is 6.22. The van der Waals surface area contributed by atoms with Crippen LogP contribution in [0.5, 0.6) is 0 Å². The molecular formula is C39H28N6. The number of pyridine rings is 4. The Labute approximate surface area is 260 Å². The van der Waals surface area contributed by atoms with Crippen LogP contribution >= 0.6 is 0 Å². The second-order valence-electron chi connectivity index (χ2n) is 10.9. The van der Waals surface area contributed by atoms with Crippen molar-refractivity contribution in [3.05, 3.63) is 147 Å². The molecule has 6 nitrogen and oxygen atoms in total. The van der Waals surface area contributed by atoms with Crippen LogP contribution in [0.3, 0.4) is 0 Å². The molecule has 0 saturated carbocycles. The number of para-hydroxylation sites is 1. The van der Waals surface area contributed by atoms with E-state index in [-0.39, 0.29) is 0 Å². The van der Waals surface area contributed by atoms with Crippen LogP contribution in [-0.2, 0) is 0 Å². The minimum Gasteiger partial charge on any atom is -0.306 e. The second kappa shape index (κ2) is 10.8. The van der Waals surface area contributed by atoms with Gasteiger partial charge in [0.05, 0.1) is 58.2 Å². The number of hydrogen-bond donors (Lipinski definition) is 0. The Hall–Kier alpha value is -6.14. The van der Waals surface area contributed by atoms with E-state index in [0.717, 1.165) is 77.5 Å². The minimum atomic E-state index is 0.907. The normalized spacial score (nSPS) is 12.2. The summed E-state index contributed by atoms with van der Waals surface area (Å²) in [4.78, 5) is 18.6. The van der Waals surface area contributed by atoms with E-state index in [1.165, 1.54) is 0 Å². The van der Waals surface area contributed by atoms with E-state index in [1.54, 1.807) is 0 Å². The van der Waals surface area contributed by atoms with Gasteiger partial charge < -0.3 is 9.13 Å². The third-order valence-electron chi connectivity index (χ3n) is 8.33. The van der Waals surface area contributed by atoms with Gasteiger partial charge in [0.2, 0.25) is 0 Å².